The molecule has 0 aliphatic carbocycles. The Morgan fingerprint density at radius 3 is 2.38 bits per heavy atom. The van der Waals surface area contributed by atoms with Crippen LogP contribution in [0.25, 0.3) is 0 Å². The molecule has 1 unspecified atom stereocenters. The number of ether oxygens (including phenoxy) is 2. The Morgan fingerprint density at radius 2 is 1.83 bits per heavy atom. The Balaban J connectivity index is 2.76. The number of carbonyl (C=O) groups is 3. The Labute approximate surface area is 140 Å². The quantitative estimate of drug-likeness (QED) is 0.744. The number of amides is 2. The van der Waals surface area contributed by atoms with Crippen molar-refractivity contribution in [1.29, 1.82) is 0 Å². The minimum absolute atomic E-state index is 0.231. The number of carbonyl (C=O) groups excluding carboxylic acids is 3. The standard InChI is InChI=1S/C16H23N3O5/c1-16(2,3)24-15(22)19-12(9-11-5-7-17-8-6-11)14(21)18-10-13(20)23-4/h5-8,12H,9-10H2,1-4H3,(H,18,21)(H,19,22). The fraction of sp³-hybridized carbons (Fsp3) is 0.500. The van der Waals surface area contributed by atoms with E-state index in [1.807, 2.05) is 0 Å². The molecule has 0 fully saturated rings. The van der Waals surface area contributed by atoms with Crippen molar-refractivity contribution in [3.8, 4) is 0 Å². The molecule has 24 heavy (non-hydrogen) atoms. The first kappa shape index (κ1) is 19.4. The first-order chi connectivity index (χ1) is 11.2. The molecule has 2 N–H and O–H groups in total. The lowest BCUT2D eigenvalue weighted by Gasteiger charge is -2.23. The van der Waals surface area contributed by atoms with E-state index in [1.165, 1.54) is 7.11 Å². The van der Waals surface area contributed by atoms with Crippen LogP contribution in [-0.4, -0.2) is 48.3 Å². The summed E-state index contributed by atoms with van der Waals surface area (Å²) < 4.78 is 9.64. The number of hydrogen-bond donors (Lipinski definition) is 2. The molecule has 1 atom stereocenters. The van der Waals surface area contributed by atoms with E-state index < -0.39 is 29.6 Å². The highest BCUT2D eigenvalue weighted by Crippen LogP contribution is 2.08. The summed E-state index contributed by atoms with van der Waals surface area (Å²) in [5.74, 6) is -1.09. The van der Waals surface area contributed by atoms with E-state index in [0.29, 0.717) is 0 Å². The van der Waals surface area contributed by atoms with Crippen molar-refractivity contribution in [3.63, 3.8) is 0 Å². The van der Waals surface area contributed by atoms with Crippen LogP contribution >= 0.6 is 0 Å². The van der Waals surface area contributed by atoms with E-state index in [0.717, 1.165) is 5.56 Å². The highest BCUT2D eigenvalue weighted by molar-refractivity contribution is 5.88. The van der Waals surface area contributed by atoms with Crippen LogP contribution < -0.4 is 10.6 Å². The minimum Gasteiger partial charge on any atom is -0.468 e. The summed E-state index contributed by atoms with van der Waals surface area (Å²) in [5.41, 5.74) is 0.118. The van der Waals surface area contributed by atoms with Crippen LogP contribution in [-0.2, 0) is 25.5 Å². The Bertz CT molecular complexity index is 569. The summed E-state index contributed by atoms with van der Waals surface area (Å²) in [4.78, 5) is 39.3. The predicted molar refractivity (Wildman–Crippen MR) is 86.1 cm³/mol. The molecule has 0 saturated heterocycles. The van der Waals surface area contributed by atoms with Gasteiger partial charge in [0.1, 0.15) is 18.2 Å². The molecule has 0 saturated carbocycles. The number of alkyl carbamates (subject to hydrolysis) is 1. The van der Waals surface area contributed by atoms with Gasteiger partial charge in [0.15, 0.2) is 0 Å². The maximum Gasteiger partial charge on any atom is 0.408 e. The van der Waals surface area contributed by atoms with Gasteiger partial charge in [0, 0.05) is 18.8 Å². The summed E-state index contributed by atoms with van der Waals surface area (Å²) in [7, 11) is 1.22. The van der Waals surface area contributed by atoms with Crippen molar-refractivity contribution in [2.75, 3.05) is 13.7 Å². The number of rotatable bonds is 6. The first-order valence-electron chi connectivity index (χ1n) is 7.44. The van der Waals surface area contributed by atoms with E-state index in [9.17, 15) is 14.4 Å². The average molecular weight is 337 g/mol. The Hall–Kier alpha value is -2.64. The molecule has 0 radical (unpaired) electrons. The number of hydrogen-bond acceptors (Lipinski definition) is 6. The topological polar surface area (TPSA) is 107 Å². The number of esters is 1. The number of nitrogens with zero attached hydrogens (tertiary/aromatic N) is 1. The van der Waals surface area contributed by atoms with Crippen molar-refractivity contribution in [3.05, 3.63) is 30.1 Å². The lowest BCUT2D eigenvalue weighted by molar-refractivity contribution is -0.141. The van der Waals surface area contributed by atoms with E-state index in [-0.39, 0.29) is 13.0 Å². The number of aromatic nitrogens is 1. The lowest BCUT2D eigenvalue weighted by Crippen LogP contribution is -2.50. The van der Waals surface area contributed by atoms with Crippen molar-refractivity contribution >= 4 is 18.0 Å². The lowest BCUT2D eigenvalue weighted by atomic mass is 10.1. The first-order valence-corrected chi connectivity index (χ1v) is 7.44. The van der Waals surface area contributed by atoms with Crippen molar-refractivity contribution in [2.45, 2.75) is 38.8 Å². The molecule has 8 heteroatoms. The zero-order chi connectivity index (χ0) is 18.2. The fourth-order valence-electron chi connectivity index (χ4n) is 1.77. The second-order valence-corrected chi connectivity index (χ2v) is 6.05. The molecule has 132 valence electrons. The number of nitrogens with one attached hydrogen (secondary N) is 2. The molecule has 8 nitrogen and oxygen atoms in total. The minimum atomic E-state index is -0.896. The molecule has 1 heterocycles. The third-order valence-corrected chi connectivity index (χ3v) is 2.83. The van der Waals surface area contributed by atoms with Crippen LogP contribution in [0, 0.1) is 0 Å². The largest absolute Gasteiger partial charge is 0.468 e. The Morgan fingerprint density at radius 1 is 1.21 bits per heavy atom. The maximum atomic E-state index is 12.3. The molecule has 0 aliphatic rings. The van der Waals surface area contributed by atoms with Crippen molar-refractivity contribution in [1.82, 2.24) is 15.6 Å². The summed E-state index contributed by atoms with van der Waals surface area (Å²) in [6.45, 7) is 4.89. The van der Waals surface area contributed by atoms with E-state index >= 15 is 0 Å². The van der Waals surface area contributed by atoms with Gasteiger partial charge in [0.2, 0.25) is 5.91 Å². The number of methoxy groups -OCH3 is 1. The monoisotopic (exact) mass is 337 g/mol. The van der Waals surface area contributed by atoms with Gasteiger partial charge < -0.3 is 20.1 Å². The van der Waals surface area contributed by atoms with E-state index in [1.54, 1.807) is 45.3 Å². The van der Waals surface area contributed by atoms with Crippen LogP contribution in [0.2, 0.25) is 0 Å². The molecule has 1 rings (SSSR count). The van der Waals surface area contributed by atoms with Crippen LogP contribution in [0.3, 0.4) is 0 Å². The Kier molecular flexibility index (Phi) is 7.16. The zero-order valence-corrected chi connectivity index (χ0v) is 14.3. The van der Waals surface area contributed by atoms with Gasteiger partial charge in [0.25, 0.3) is 0 Å². The van der Waals surface area contributed by atoms with Crippen molar-refractivity contribution < 1.29 is 23.9 Å². The average Bonchev–Trinajstić information content (AvgIpc) is 2.50. The predicted octanol–water partition coefficient (Wildman–Crippen LogP) is 0.807. The van der Waals surface area contributed by atoms with Gasteiger partial charge in [-0.2, -0.15) is 0 Å². The van der Waals surface area contributed by atoms with E-state index in [2.05, 4.69) is 20.4 Å². The summed E-state index contributed by atoms with van der Waals surface area (Å²) in [6, 6.07) is 2.57. The highest BCUT2D eigenvalue weighted by Gasteiger charge is 2.25. The van der Waals surface area contributed by atoms with Gasteiger partial charge in [-0.1, -0.05) is 0 Å². The molecule has 0 bridgehead atoms. The van der Waals surface area contributed by atoms with Crippen LogP contribution in [0.5, 0.6) is 0 Å². The maximum absolute atomic E-state index is 12.3. The summed E-state index contributed by atoms with van der Waals surface area (Å²) >= 11 is 0. The van der Waals surface area contributed by atoms with Crippen LogP contribution in [0.4, 0.5) is 4.79 Å². The molecule has 0 aromatic carbocycles. The second-order valence-electron chi connectivity index (χ2n) is 6.05. The molecule has 0 aliphatic heterocycles. The van der Waals surface area contributed by atoms with Gasteiger partial charge in [-0.25, -0.2) is 4.79 Å². The van der Waals surface area contributed by atoms with Gasteiger partial charge in [-0.05, 0) is 38.5 Å². The van der Waals surface area contributed by atoms with Crippen LogP contribution in [0.15, 0.2) is 24.5 Å². The van der Waals surface area contributed by atoms with Crippen LogP contribution in [0.1, 0.15) is 26.3 Å². The normalized spacial score (nSPS) is 12.0. The molecule has 2 amide bonds. The molecule has 1 aromatic heterocycles. The molecular weight excluding hydrogens is 314 g/mol. The summed E-state index contributed by atoms with van der Waals surface area (Å²) in [5, 5.41) is 4.94. The smallest absolute Gasteiger partial charge is 0.408 e. The third kappa shape index (κ3) is 7.57. The molecule has 0 spiro atoms. The summed E-state index contributed by atoms with van der Waals surface area (Å²) in [6.07, 6.45) is 2.70. The zero-order valence-electron chi connectivity index (χ0n) is 14.3. The van der Waals surface area contributed by atoms with Gasteiger partial charge >= 0.3 is 12.1 Å². The number of pyridine rings is 1. The SMILES string of the molecule is COC(=O)CNC(=O)C(Cc1ccncc1)NC(=O)OC(C)(C)C. The highest BCUT2D eigenvalue weighted by atomic mass is 16.6. The van der Waals surface area contributed by atoms with Crippen molar-refractivity contribution in [2.24, 2.45) is 0 Å². The second kappa shape index (κ2) is 8.85. The third-order valence-electron chi connectivity index (χ3n) is 2.83. The van der Waals surface area contributed by atoms with Gasteiger partial charge in [-0.15, -0.1) is 0 Å². The molecular formula is C16H23N3O5. The molecule has 1 aromatic rings. The fourth-order valence-corrected chi connectivity index (χ4v) is 1.77. The van der Waals surface area contributed by atoms with E-state index in [4.69, 9.17) is 4.74 Å². The van der Waals surface area contributed by atoms with Gasteiger partial charge in [0.05, 0.1) is 7.11 Å². The van der Waals surface area contributed by atoms with Gasteiger partial charge in [-0.3, -0.25) is 14.6 Å².